The first-order chi connectivity index (χ1) is 19.2. The summed E-state index contributed by atoms with van der Waals surface area (Å²) in [5, 5.41) is 15.0. The van der Waals surface area contributed by atoms with E-state index in [9.17, 15) is 28.4 Å². The van der Waals surface area contributed by atoms with Crippen LogP contribution in [0.15, 0.2) is 36.7 Å². The maximum Gasteiger partial charge on any atom is 0.411 e. The molecular weight excluding hydrogens is 546 g/mol. The minimum Gasteiger partial charge on any atom is -0.449 e. The molecule has 210 valence electrons. The third-order valence-corrected chi connectivity index (χ3v) is 6.82. The highest BCUT2D eigenvalue weighted by atomic mass is 35.5. The van der Waals surface area contributed by atoms with E-state index in [-0.39, 0.29) is 54.5 Å². The number of halogens is 3. The zero-order chi connectivity index (χ0) is 28.8. The van der Waals surface area contributed by atoms with Gasteiger partial charge in [0, 0.05) is 36.3 Å². The van der Waals surface area contributed by atoms with Crippen LogP contribution in [0.2, 0.25) is 5.02 Å². The number of pyridine rings is 1. The van der Waals surface area contributed by atoms with Gasteiger partial charge in [0.05, 0.1) is 29.4 Å². The molecule has 2 atom stereocenters. The number of unbranched alkanes of at least 4 members (excludes halogenated alkanes) is 1. The summed E-state index contributed by atoms with van der Waals surface area (Å²) in [6.07, 6.45) is 2.02. The van der Waals surface area contributed by atoms with E-state index in [0.717, 1.165) is 11.3 Å². The van der Waals surface area contributed by atoms with Crippen LogP contribution in [0.5, 0.6) is 0 Å². The number of nitrogens with zero attached hydrogens (tertiary/aromatic N) is 4. The number of nitrogens with one attached hydrogen (secondary N) is 2. The molecule has 4 rings (SSSR count). The lowest BCUT2D eigenvalue weighted by Gasteiger charge is -2.24. The van der Waals surface area contributed by atoms with E-state index in [1.807, 2.05) is 13.0 Å². The molecule has 0 unspecified atom stereocenters. The molecular formula is C27H27ClF2N6O4. The highest BCUT2D eigenvalue weighted by Gasteiger charge is 2.39. The summed E-state index contributed by atoms with van der Waals surface area (Å²) in [6.45, 7) is 1.46. The predicted molar refractivity (Wildman–Crippen MR) is 143 cm³/mol. The SMILES string of the molecule is CCCCOC(=O)Nc1c(C#N)cnc2c1ccn2CC(=O)N1C[C@H](F)C[C@H]1C(=O)NCc1cccc(Cl)c1F. The Kier molecular flexibility index (Phi) is 9.16. The van der Waals surface area contributed by atoms with Crippen molar-refractivity contribution >= 4 is 46.2 Å². The second kappa shape index (κ2) is 12.7. The molecule has 0 aliphatic carbocycles. The molecule has 10 nitrogen and oxygen atoms in total. The molecule has 40 heavy (non-hydrogen) atoms. The highest BCUT2D eigenvalue weighted by Crippen LogP contribution is 2.28. The van der Waals surface area contributed by atoms with Crippen molar-refractivity contribution in [2.75, 3.05) is 18.5 Å². The van der Waals surface area contributed by atoms with Crippen LogP contribution in [0.4, 0.5) is 19.3 Å². The molecule has 1 aliphatic rings. The highest BCUT2D eigenvalue weighted by molar-refractivity contribution is 6.30. The number of nitriles is 1. The number of carbonyl (C=O) groups excluding carboxylic acids is 3. The topological polar surface area (TPSA) is 129 Å². The minimum absolute atomic E-state index is 0.0885. The summed E-state index contributed by atoms with van der Waals surface area (Å²) in [4.78, 5) is 43.8. The monoisotopic (exact) mass is 572 g/mol. The van der Waals surface area contributed by atoms with Gasteiger partial charge in [-0.3, -0.25) is 14.9 Å². The molecule has 3 amide bonds. The Morgan fingerprint density at radius 3 is 2.85 bits per heavy atom. The number of hydrogen-bond donors (Lipinski definition) is 2. The summed E-state index contributed by atoms with van der Waals surface area (Å²) in [7, 11) is 0. The average Bonchev–Trinajstić information content (AvgIpc) is 3.53. The zero-order valence-corrected chi connectivity index (χ0v) is 22.4. The fourth-order valence-corrected chi connectivity index (χ4v) is 4.66. The third-order valence-electron chi connectivity index (χ3n) is 6.53. The van der Waals surface area contributed by atoms with Crippen LogP contribution in [-0.4, -0.2) is 57.7 Å². The first kappa shape index (κ1) is 28.8. The van der Waals surface area contributed by atoms with Gasteiger partial charge in [0.2, 0.25) is 11.8 Å². The number of amides is 3. The maximum absolute atomic E-state index is 14.4. The summed E-state index contributed by atoms with van der Waals surface area (Å²) in [5.41, 5.74) is 0.755. The second-order valence-corrected chi connectivity index (χ2v) is 9.69. The Morgan fingerprint density at radius 1 is 1.30 bits per heavy atom. The predicted octanol–water partition coefficient (Wildman–Crippen LogP) is 4.30. The molecule has 3 aromatic rings. The van der Waals surface area contributed by atoms with Gasteiger partial charge < -0.3 is 19.5 Å². The lowest BCUT2D eigenvalue weighted by Crippen LogP contribution is -2.46. The number of ether oxygens (including phenoxy) is 1. The van der Waals surface area contributed by atoms with Crippen molar-refractivity contribution in [3.05, 3.63) is 58.6 Å². The van der Waals surface area contributed by atoms with Crippen LogP contribution in [0, 0.1) is 17.1 Å². The largest absolute Gasteiger partial charge is 0.449 e. The molecule has 0 spiro atoms. The normalized spacial score (nSPS) is 16.5. The Balaban J connectivity index is 1.48. The zero-order valence-electron chi connectivity index (χ0n) is 21.6. The molecule has 1 aliphatic heterocycles. The minimum atomic E-state index is -1.41. The van der Waals surface area contributed by atoms with Gasteiger partial charge in [-0.2, -0.15) is 5.26 Å². The van der Waals surface area contributed by atoms with Crippen molar-refractivity contribution in [2.24, 2.45) is 0 Å². The molecule has 0 saturated carbocycles. The number of rotatable bonds is 9. The number of likely N-dealkylation sites (tertiary alicyclic amines) is 1. The van der Waals surface area contributed by atoms with E-state index in [1.54, 1.807) is 18.3 Å². The van der Waals surface area contributed by atoms with Crippen molar-refractivity contribution in [3.8, 4) is 6.07 Å². The molecule has 1 fully saturated rings. The van der Waals surface area contributed by atoms with Crippen LogP contribution in [0.3, 0.4) is 0 Å². The molecule has 3 heterocycles. The molecule has 0 radical (unpaired) electrons. The molecule has 13 heteroatoms. The van der Waals surface area contributed by atoms with Gasteiger partial charge in [-0.15, -0.1) is 0 Å². The lowest BCUT2D eigenvalue weighted by atomic mass is 10.1. The average molecular weight is 573 g/mol. The van der Waals surface area contributed by atoms with E-state index in [2.05, 4.69) is 15.6 Å². The van der Waals surface area contributed by atoms with Gasteiger partial charge in [0.1, 0.15) is 36.3 Å². The number of alkyl halides is 1. The summed E-state index contributed by atoms with van der Waals surface area (Å²) >= 11 is 5.79. The summed E-state index contributed by atoms with van der Waals surface area (Å²) in [6, 6.07) is 6.87. The number of fused-ring (bicyclic) bond motifs is 1. The lowest BCUT2D eigenvalue weighted by molar-refractivity contribution is -0.139. The Labute approximate surface area is 233 Å². The first-order valence-electron chi connectivity index (χ1n) is 12.7. The van der Waals surface area contributed by atoms with Gasteiger partial charge in [-0.1, -0.05) is 37.1 Å². The van der Waals surface area contributed by atoms with Crippen LogP contribution >= 0.6 is 11.6 Å². The number of benzene rings is 1. The third kappa shape index (κ3) is 6.31. The Morgan fingerprint density at radius 2 is 2.10 bits per heavy atom. The Hall–Kier alpha value is -4.24. The van der Waals surface area contributed by atoms with Crippen molar-refractivity contribution in [3.63, 3.8) is 0 Å². The number of carbonyl (C=O) groups is 3. The molecule has 2 N–H and O–H groups in total. The molecule has 2 aromatic heterocycles. The number of aromatic nitrogens is 2. The van der Waals surface area contributed by atoms with Crippen LogP contribution in [0.1, 0.15) is 37.3 Å². The van der Waals surface area contributed by atoms with Crippen molar-refractivity contribution < 1.29 is 27.9 Å². The smallest absolute Gasteiger partial charge is 0.411 e. The van der Waals surface area contributed by atoms with Crippen molar-refractivity contribution in [1.29, 1.82) is 5.26 Å². The van der Waals surface area contributed by atoms with Crippen LogP contribution in [-0.2, 0) is 27.4 Å². The van der Waals surface area contributed by atoms with Gasteiger partial charge >= 0.3 is 6.09 Å². The van der Waals surface area contributed by atoms with Gasteiger partial charge in [-0.05, 0) is 18.6 Å². The number of anilines is 1. The standard InChI is InChI=1S/C27H27ClF2N6O4/c1-2-3-9-40-27(39)34-24-17(11-31)13-32-25-19(24)7-8-35(25)15-22(37)36-14-18(29)10-21(36)26(38)33-12-16-5-4-6-20(28)23(16)30/h4-8,13,18,21H,2-3,9-10,12,14-15H2,1H3,(H,33,38)(H,32,34,39)/t18-,21+/m1/s1. The van der Waals surface area contributed by atoms with Gasteiger partial charge in [0.25, 0.3) is 0 Å². The fourth-order valence-electron chi connectivity index (χ4n) is 4.46. The van der Waals surface area contributed by atoms with Gasteiger partial charge in [-0.25, -0.2) is 18.6 Å². The summed E-state index contributed by atoms with van der Waals surface area (Å²) in [5.74, 6) is -1.82. The molecule has 0 bridgehead atoms. The van der Waals surface area contributed by atoms with E-state index < -0.39 is 35.9 Å². The summed E-state index contributed by atoms with van der Waals surface area (Å²) < 4.78 is 35.2. The molecule has 1 saturated heterocycles. The van der Waals surface area contributed by atoms with Gasteiger partial charge in [0.15, 0.2) is 0 Å². The first-order valence-corrected chi connectivity index (χ1v) is 13.1. The van der Waals surface area contributed by atoms with Crippen LogP contribution < -0.4 is 10.6 Å². The van der Waals surface area contributed by atoms with Crippen LogP contribution in [0.25, 0.3) is 11.0 Å². The van der Waals surface area contributed by atoms with E-state index in [1.165, 1.54) is 22.9 Å². The fraction of sp³-hybridized carbons (Fsp3) is 0.370. The van der Waals surface area contributed by atoms with Crippen molar-refractivity contribution in [2.45, 2.75) is 51.5 Å². The van der Waals surface area contributed by atoms with E-state index in [4.69, 9.17) is 16.3 Å². The molecule has 1 aromatic carbocycles. The maximum atomic E-state index is 14.4. The number of hydrogen-bond acceptors (Lipinski definition) is 6. The van der Waals surface area contributed by atoms with Crippen molar-refractivity contribution in [1.82, 2.24) is 19.8 Å². The van der Waals surface area contributed by atoms with E-state index >= 15 is 0 Å². The van der Waals surface area contributed by atoms with E-state index in [0.29, 0.717) is 17.5 Å². The Bertz CT molecular complexity index is 1470. The second-order valence-electron chi connectivity index (χ2n) is 9.28. The quantitative estimate of drug-likeness (QED) is 0.368.